The van der Waals surface area contributed by atoms with Gasteiger partial charge in [0.15, 0.2) is 0 Å². The highest BCUT2D eigenvalue weighted by atomic mass is 79.9. The van der Waals surface area contributed by atoms with Gasteiger partial charge in [0.2, 0.25) is 17.6 Å². The molecular formula is C15H18BrN3O3S. The van der Waals surface area contributed by atoms with Crippen molar-refractivity contribution in [3.8, 4) is 10.7 Å². The van der Waals surface area contributed by atoms with E-state index < -0.39 is 0 Å². The van der Waals surface area contributed by atoms with E-state index in [0.29, 0.717) is 37.7 Å². The standard InChI is InChI=1S/C15H18BrN3O3S/c16-11-7-12(23-9-11)15-18-14(22-19-15)4-3-13(20)17-5-6-21-8-10-1-2-10/h7,9-10H,1-6,8H2,(H,17,20). The molecule has 124 valence electrons. The monoisotopic (exact) mass is 399 g/mol. The van der Waals surface area contributed by atoms with Gasteiger partial charge in [-0.2, -0.15) is 4.98 Å². The Bertz CT molecular complexity index is 654. The van der Waals surface area contributed by atoms with Gasteiger partial charge in [0.05, 0.1) is 11.5 Å². The molecule has 6 nitrogen and oxygen atoms in total. The number of ether oxygens (including phenoxy) is 1. The highest BCUT2D eigenvalue weighted by Gasteiger charge is 2.20. The Morgan fingerprint density at radius 1 is 1.52 bits per heavy atom. The second-order valence-electron chi connectivity index (χ2n) is 5.51. The molecule has 0 unspecified atom stereocenters. The van der Waals surface area contributed by atoms with E-state index in [4.69, 9.17) is 9.26 Å². The topological polar surface area (TPSA) is 77.2 Å². The molecule has 1 aliphatic rings. The molecule has 1 amide bonds. The van der Waals surface area contributed by atoms with Crippen LogP contribution in [0.1, 0.15) is 25.2 Å². The number of carbonyl (C=O) groups excluding carboxylic acids is 1. The second-order valence-corrected chi connectivity index (χ2v) is 7.34. The molecule has 2 aromatic rings. The molecule has 0 aromatic carbocycles. The highest BCUT2D eigenvalue weighted by molar-refractivity contribution is 9.10. The highest BCUT2D eigenvalue weighted by Crippen LogP contribution is 2.29. The van der Waals surface area contributed by atoms with Gasteiger partial charge in [0.1, 0.15) is 0 Å². The smallest absolute Gasteiger partial charge is 0.227 e. The predicted octanol–water partition coefficient (Wildman–Crippen LogP) is 3.04. The van der Waals surface area contributed by atoms with E-state index in [9.17, 15) is 4.79 Å². The molecule has 2 aromatic heterocycles. The van der Waals surface area contributed by atoms with Crippen LogP contribution in [0.25, 0.3) is 10.7 Å². The van der Waals surface area contributed by atoms with Crippen molar-refractivity contribution >= 4 is 33.2 Å². The first-order valence-corrected chi connectivity index (χ1v) is 9.29. The third kappa shape index (κ3) is 5.40. The molecule has 0 bridgehead atoms. The van der Waals surface area contributed by atoms with Crippen LogP contribution in [0.15, 0.2) is 20.4 Å². The summed E-state index contributed by atoms with van der Waals surface area (Å²) in [6, 6.07) is 1.94. The van der Waals surface area contributed by atoms with Crippen molar-refractivity contribution in [2.45, 2.75) is 25.7 Å². The number of nitrogens with one attached hydrogen (secondary N) is 1. The molecule has 0 spiro atoms. The number of aryl methyl sites for hydroxylation is 1. The fourth-order valence-corrected chi connectivity index (χ4v) is 3.34. The average Bonchev–Trinajstić information content (AvgIpc) is 3.06. The van der Waals surface area contributed by atoms with Crippen molar-refractivity contribution in [1.82, 2.24) is 15.5 Å². The van der Waals surface area contributed by atoms with Crippen molar-refractivity contribution in [3.63, 3.8) is 0 Å². The van der Waals surface area contributed by atoms with Gasteiger partial charge in [0, 0.05) is 35.8 Å². The van der Waals surface area contributed by atoms with E-state index in [2.05, 4.69) is 31.4 Å². The van der Waals surface area contributed by atoms with Crippen molar-refractivity contribution in [2.24, 2.45) is 5.92 Å². The van der Waals surface area contributed by atoms with Crippen LogP contribution in [0.5, 0.6) is 0 Å². The summed E-state index contributed by atoms with van der Waals surface area (Å²) >= 11 is 4.93. The molecule has 2 heterocycles. The van der Waals surface area contributed by atoms with E-state index >= 15 is 0 Å². The predicted molar refractivity (Wildman–Crippen MR) is 90.2 cm³/mol. The molecule has 23 heavy (non-hydrogen) atoms. The van der Waals surface area contributed by atoms with Crippen LogP contribution in [0, 0.1) is 5.92 Å². The number of halogens is 1. The first-order valence-electron chi connectivity index (χ1n) is 7.62. The fraction of sp³-hybridized carbons (Fsp3) is 0.533. The molecule has 0 radical (unpaired) electrons. The van der Waals surface area contributed by atoms with Crippen LogP contribution in [0.2, 0.25) is 0 Å². The number of thiophene rings is 1. The van der Waals surface area contributed by atoms with E-state index in [0.717, 1.165) is 21.9 Å². The number of hydrogen-bond donors (Lipinski definition) is 1. The lowest BCUT2D eigenvalue weighted by molar-refractivity contribution is -0.121. The number of amides is 1. The number of carbonyl (C=O) groups is 1. The summed E-state index contributed by atoms with van der Waals surface area (Å²) in [5.74, 6) is 1.76. The van der Waals surface area contributed by atoms with E-state index in [-0.39, 0.29) is 5.91 Å². The maximum absolute atomic E-state index is 11.7. The minimum atomic E-state index is -0.0290. The van der Waals surface area contributed by atoms with E-state index in [1.165, 1.54) is 24.2 Å². The largest absolute Gasteiger partial charge is 0.379 e. The first kappa shape index (κ1) is 16.6. The van der Waals surface area contributed by atoms with Crippen LogP contribution >= 0.6 is 27.3 Å². The maximum atomic E-state index is 11.7. The summed E-state index contributed by atoms with van der Waals surface area (Å²) < 4.78 is 11.6. The Hall–Kier alpha value is -1.25. The molecular weight excluding hydrogens is 382 g/mol. The van der Waals surface area contributed by atoms with Gasteiger partial charge in [-0.3, -0.25) is 4.79 Å². The Morgan fingerprint density at radius 3 is 3.13 bits per heavy atom. The fourth-order valence-electron chi connectivity index (χ4n) is 1.99. The third-order valence-electron chi connectivity index (χ3n) is 3.44. The summed E-state index contributed by atoms with van der Waals surface area (Å²) in [4.78, 5) is 17.0. The Labute approximate surface area is 146 Å². The summed E-state index contributed by atoms with van der Waals surface area (Å²) in [5, 5.41) is 8.73. The normalized spacial score (nSPS) is 14.1. The Balaban J connectivity index is 1.34. The average molecular weight is 400 g/mol. The van der Waals surface area contributed by atoms with E-state index in [1.54, 1.807) is 0 Å². The molecule has 1 aliphatic carbocycles. The minimum absolute atomic E-state index is 0.0290. The third-order valence-corrected chi connectivity index (χ3v) is 5.13. The zero-order valence-corrected chi connectivity index (χ0v) is 15.0. The molecule has 3 rings (SSSR count). The second kappa shape index (κ2) is 8.03. The van der Waals surface area contributed by atoms with Crippen molar-refractivity contribution in [2.75, 3.05) is 19.8 Å². The molecule has 1 saturated carbocycles. The molecule has 8 heteroatoms. The van der Waals surface area contributed by atoms with Gasteiger partial charge >= 0.3 is 0 Å². The van der Waals surface area contributed by atoms with Crippen molar-refractivity contribution < 1.29 is 14.1 Å². The molecule has 0 aliphatic heterocycles. The SMILES string of the molecule is O=C(CCc1nc(-c2cc(Br)cs2)no1)NCCOCC1CC1. The van der Waals surface area contributed by atoms with Crippen LogP contribution in [-0.2, 0) is 16.0 Å². The summed E-state index contributed by atoms with van der Waals surface area (Å²) in [6.45, 7) is 1.93. The van der Waals surface area contributed by atoms with Gasteiger partial charge in [-0.1, -0.05) is 5.16 Å². The molecule has 0 saturated heterocycles. The Morgan fingerprint density at radius 2 is 2.39 bits per heavy atom. The number of hydrogen-bond acceptors (Lipinski definition) is 6. The zero-order chi connectivity index (χ0) is 16.1. The molecule has 1 fully saturated rings. The molecule has 1 N–H and O–H groups in total. The lowest BCUT2D eigenvalue weighted by atomic mass is 10.3. The number of rotatable bonds is 9. The summed E-state index contributed by atoms with van der Waals surface area (Å²) in [7, 11) is 0. The molecule has 0 atom stereocenters. The lowest BCUT2D eigenvalue weighted by Gasteiger charge is -2.05. The Kier molecular flexibility index (Phi) is 5.80. The lowest BCUT2D eigenvalue weighted by Crippen LogP contribution is -2.27. The van der Waals surface area contributed by atoms with Gasteiger partial charge in [-0.15, -0.1) is 11.3 Å². The summed E-state index contributed by atoms with van der Waals surface area (Å²) in [6.07, 6.45) is 3.33. The van der Waals surface area contributed by atoms with Crippen LogP contribution < -0.4 is 5.32 Å². The zero-order valence-electron chi connectivity index (χ0n) is 12.6. The number of nitrogens with zero attached hydrogens (tertiary/aromatic N) is 2. The first-order chi connectivity index (χ1) is 11.2. The van der Waals surface area contributed by atoms with Gasteiger partial charge in [-0.05, 0) is 40.8 Å². The van der Waals surface area contributed by atoms with Crippen LogP contribution in [0.4, 0.5) is 0 Å². The van der Waals surface area contributed by atoms with E-state index in [1.807, 2.05) is 11.4 Å². The van der Waals surface area contributed by atoms with Crippen LogP contribution in [-0.4, -0.2) is 35.8 Å². The summed E-state index contributed by atoms with van der Waals surface area (Å²) in [5.41, 5.74) is 0. The quantitative estimate of drug-likeness (QED) is 0.655. The minimum Gasteiger partial charge on any atom is -0.379 e. The van der Waals surface area contributed by atoms with Crippen molar-refractivity contribution in [1.29, 1.82) is 0 Å². The number of aromatic nitrogens is 2. The van der Waals surface area contributed by atoms with Gasteiger partial charge in [-0.25, -0.2) is 0 Å². The van der Waals surface area contributed by atoms with Gasteiger partial charge in [0.25, 0.3) is 0 Å². The van der Waals surface area contributed by atoms with Crippen LogP contribution in [0.3, 0.4) is 0 Å². The van der Waals surface area contributed by atoms with Crippen molar-refractivity contribution in [3.05, 3.63) is 21.8 Å². The maximum Gasteiger partial charge on any atom is 0.227 e. The van der Waals surface area contributed by atoms with Gasteiger partial charge < -0.3 is 14.6 Å².